The maximum absolute atomic E-state index is 13.0. The molecule has 1 amide bonds. The molecule has 9 heteroatoms. The van der Waals surface area contributed by atoms with Gasteiger partial charge in [0, 0.05) is 26.1 Å². The molecule has 0 bridgehead atoms. The van der Waals surface area contributed by atoms with E-state index in [0.29, 0.717) is 13.2 Å². The second-order valence-electron chi connectivity index (χ2n) is 8.36. The summed E-state index contributed by atoms with van der Waals surface area (Å²) in [4.78, 5) is 18.1. The van der Waals surface area contributed by atoms with Crippen LogP contribution in [-0.2, 0) is 4.79 Å². The molecule has 172 valence electrons. The Hall–Kier alpha value is -2.65. The lowest BCUT2D eigenvalue weighted by atomic mass is 9.95. The Kier molecular flexibility index (Phi) is 6.50. The number of carbonyl (C=O) groups excluding carboxylic acids is 1. The number of thiophene rings is 1. The number of likely N-dealkylation sites (N-methyl/N-ethyl adjacent to an activating group) is 1. The minimum atomic E-state index is -0.160. The molecular formula is C24H25BrN4O3S. The first-order valence-corrected chi connectivity index (χ1v) is 12.7. The Morgan fingerprint density at radius 3 is 2.61 bits per heavy atom. The number of aromatic nitrogens is 2. The van der Waals surface area contributed by atoms with Crippen molar-refractivity contribution in [2.75, 3.05) is 38.2 Å². The van der Waals surface area contributed by atoms with Gasteiger partial charge in [-0.3, -0.25) is 4.79 Å². The Labute approximate surface area is 205 Å². The van der Waals surface area contributed by atoms with Crippen molar-refractivity contribution in [2.45, 2.75) is 18.9 Å². The van der Waals surface area contributed by atoms with Gasteiger partial charge in [-0.2, -0.15) is 0 Å². The van der Waals surface area contributed by atoms with E-state index in [1.807, 2.05) is 55.6 Å². The minimum Gasteiger partial charge on any atom is -0.486 e. The van der Waals surface area contributed by atoms with Crippen molar-refractivity contribution in [3.8, 4) is 22.1 Å². The van der Waals surface area contributed by atoms with Gasteiger partial charge in [-0.05, 0) is 65.2 Å². The molecule has 0 aliphatic carbocycles. The standard InChI is InChI=1S/C24H25BrN4O3S/c1-28(14-17-15-31-19-4-2-3-5-20(19)32-17)24(30)16-10-12-29(13-11-16)23-9-6-18(26-27-23)21-7-8-22(25)33-21/h2-9,16-17H,10-15H2,1H3/t17-/m0/s1. The molecule has 1 saturated heterocycles. The number of anilines is 1. The van der Waals surface area contributed by atoms with Crippen molar-refractivity contribution in [1.29, 1.82) is 0 Å². The number of piperidine rings is 1. The van der Waals surface area contributed by atoms with Gasteiger partial charge in [0.25, 0.3) is 0 Å². The maximum Gasteiger partial charge on any atom is 0.225 e. The van der Waals surface area contributed by atoms with Crippen LogP contribution in [0.5, 0.6) is 11.5 Å². The molecule has 3 aromatic rings. The fourth-order valence-corrected chi connectivity index (χ4v) is 5.64. The molecule has 0 radical (unpaired) electrons. The molecular weight excluding hydrogens is 504 g/mol. The van der Waals surface area contributed by atoms with Gasteiger partial charge in [0.15, 0.2) is 23.4 Å². The van der Waals surface area contributed by atoms with Crippen molar-refractivity contribution in [3.63, 3.8) is 0 Å². The second-order valence-corrected chi connectivity index (χ2v) is 10.8. The number of fused-ring (bicyclic) bond motifs is 1. The summed E-state index contributed by atoms with van der Waals surface area (Å²) in [5.74, 6) is 2.54. The van der Waals surface area contributed by atoms with Crippen molar-refractivity contribution < 1.29 is 14.3 Å². The molecule has 7 nitrogen and oxygen atoms in total. The van der Waals surface area contributed by atoms with Crippen LogP contribution in [0.25, 0.3) is 10.6 Å². The van der Waals surface area contributed by atoms with Gasteiger partial charge < -0.3 is 19.3 Å². The first kappa shape index (κ1) is 22.2. The summed E-state index contributed by atoms with van der Waals surface area (Å²) in [5.41, 5.74) is 0.873. The number of amides is 1. The summed E-state index contributed by atoms with van der Waals surface area (Å²) < 4.78 is 12.9. The lowest BCUT2D eigenvalue weighted by Crippen LogP contribution is -2.46. The summed E-state index contributed by atoms with van der Waals surface area (Å²) in [6, 6.07) is 15.7. The maximum atomic E-state index is 13.0. The second kappa shape index (κ2) is 9.69. The number of nitrogens with zero attached hydrogens (tertiary/aromatic N) is 4. The largest absolute Gasteiger partial charge is 0.486 e. The Balaban J connectivity index is 1.13. The minimum absolute atomic E-state index is 0.0127. The highest BCUT2D eigenvalue weighted by molar-refractivity contribution is 9.11. The molecule has 0 spiro atoms. The van der Waals surface area contributed by atoms with Crippen molar-refractivity contribution in [2.24, 2.45) is 5.92 Å². The molecule has 2 aliphatic heterocycles. The van der Waals surface area contributed by atoms with Crippen LogP contribution in [0.3, 0.4) is 0 Å². The van der Waals surface area contributed by atoms with Crippen LogP contribution in [0.15, 0.2) is 52.3 Å². The van der Waals surface area contributed by atoms with Gasteiger partial charge in [0.2, 0.25) is 5.91 Å². The topological polar surface area (TPSA) is 67.8 Å². The highest BCUT2D eigenvalue weighted by Crippen LogP contribution is 2.32. The van der Waals surface area contributed by atoms with E-state index in [-0.39, 0.29) is 17.9 Å². The van der Waals surface area contributed by atoms with E-state index in [1.54, 1.807) is 16.2 Å². The summed E-state index contributed by atoms with van der Waals surface area (Å²) in [5, 5.41) is 8.83. The van der Waals surface area contributed by atoms with Crippen LogP contribution in [0.1, 0.15) is 12.8 Å². The normalized spacial score (nSPS) is 18.2. The summed E-state index contributed by atoms with van der Waals surface area (Å²) >= 11 is 5.13. The first-order valence-electron chi connectivity index (χ1n) is 11.0. The van der Waals surface area contributed by atoms with Crippen LogP contribution < -0.4 is 14.4 Å². The molecule has 1 aromatic carbocycles. The molecule has 0 N–H and O–H groups in total. The zero-order chi connectivity index (χ0) is 22.8. The van der Waals surface area contributed by atoms with Gasteiger partial charge in [-0.1, -0.05) is 12.1 Å². The van der Waals surface area contributed by atoms with Crippen LogP contribution >= 0.6 is 27.3 Å². The van der Waals surface area contributed by atoms with Crippen molar-refractivity contribution in [1.82, 2.24) is 15.1 Å². The van der Waals surface area contributed by atoms with E-state index in [2.05, 4.69) is 31.0 Å². The predicted molar refractivity (Wildman–Crippen MR) is 132 cm³/mol. The van der Waals surface area contributed by atoms with E-state index in [4.69, 9.17) is 9.47 Å². The Morgan fingerprint density at radius 1 is 1.12 bits per heavy atom. The smallest absolute Gasteiger partial charge is 0.225 e. The average molecular weight is 529 g/mol. The molecule has 5 rings (SSSR count). The van der Waals surface area contributed by atoms with Crippen molar-refractivity contribution >= 4 is 39.0 Å². The number of ether oxygens (including phenoxy) is 2. The average Bonchev–Trinajstić information content (AvgIpc) is 3.30. The number of hydrogen-bond donors (Lipinski definition) is 0. The van der Waals surface area contributed by atoms with E-state index in [1.165, 1.54) is 0 Å². The highest BCUT2D eigenvalue weighted by Gasteiger charge is 2.30. The third-order valence-corrected chi connectivity index (χ3v) is 7.71. The van der Waals surface area contributed by atoms with Crippen LogP contribution in [-0.4, -0.2) is 60.4 Å². The summed E-state index contributed by atoms with van der Waals surface area (Å²) in [6.07, 6.45) is 1.44. The van der Waals surface area contributed by atoms with Crippen LogP contribution in [0.2, 0.25) is 0 Å². The lowest BCUT2D eigenvalue weighted by Gasteiger charge is -2.35. The number of carbonyl (C=O) groups is 1. The van der Waals surface area contributed by atoms with Gasteiger partial charge in [0.1, 0.15) is 12.3 Å². The van der Waals surface area contributed by atoms with Crippen molar-refractivity contribution in [3.05, 3.63) is 52.3 Å². The Bertz CT molecular complexity index is 1110. The molecule has 33 heavy (non-hydrogen) atoms. The van der Waals surface area contributed by atoms with E-state index in [0.717, 1.165) is 57.6 Å². The van der Waals surface area contributed by atoms with E-state index >= 15 is 0 Å². The first-order chi connectivity index (χ1) is 16.1. The molecule has 0 unspecified atom stereocenters. The summed E-state index contributed by atoms with van der Waals surface area (Å²) in [7, 11) is 1.85. The molecule has 2 aliphatic rings. The fraction of sp³-hybridized carbons (Fsp3) is 0.375. The molecule has 1 atom stereocenters. The lowest BCUT2D eigenvalue weighted by molar-refractivity contribution is -0.136. The van der Waals surface area contributed by atoms with Crippen LogP contribution in [0, 0.1) is 5.92 Å². The third kappa shape index (κ3) is 4.99. The zero-order valence-electron chi connectivity index (χ0n) is 18.3. The van der Waals surface area contributed by atoms with Crippen LogP contribution in [0.4, 0.5) is 5.82 Å². The van der Waals surface area contributed by atoms with E-state index < -0.39 is 0 Å². The molecule has 0 saturated carbocycles. The molecule has 1 fully saturated rings. The number of hydrogen-bond acceptors (Lipinski definition) is 7. The highest BCUT2D eigenvalue weighted by atomic mass is 79.9. The zero-order valence-corrected chi connectivity index (χ0v) is 20.7. The quantitative estimate of drug-likeness (QED) is 0.486. The Morgan fingerprint density at radius 2 is 1.91 bits per heavy atom. The van der Waals surface area contributed by atoms with Gasteiger partial charge in [-0.15, -0.1) is 21.5 Å². The monoisotopic (exact) mass is 528 g/mol. The fourth-order valence-electron chi connectivity index (χ4n) is 4.29. The van der Waals surface area contributed by atoms with Gasteiger partial charge in [-0.25, -0.2) is 0 Å². The van der Waals surface area contributed by atoms with Gasteiger partial charge >= 0.3 is 0 Å². The number of halogens is 1. The molecule has 4 heterocycles. The number of rotatable bonds is 5. The van der Waals surface area contributed by atoms with E-state index in [9.17, 15) is 4.79 Å². The third-order valence-electron chi connectivity index (χ3n) is 6.07. The van der Waals surface area contributed by atoms with Gasteiger partial charge in [0.05, 0.1) is 15.2 Å². The summed E-state index contributed by atoms with van der Waals surface area (Å²) in [6.45, 7) is 2.54. The SMILES string of the molecule is CN(C[C@H]1COc2ccccc2O1)C(=O)C1CCN(c2ccc(-c3ccc(Br)s3)nn2)CC1. The number of benzene rings is 1. The molecule has 2 aromatic heterocycles. The predicted octanol–water partition coefficient (Wildman–Crippen LogP) is 4.48. The number of para-hydroxylation sites is 2.